The molecule has 11 heteroatoms. The number of likely N-dealkylation sites (tertiary alicyclic amines) is 1. The highest BCUT2D eigenvalue weighted by molar-refractivity contribution is 6.30. The fourth-order valence-electron chi connectivity index (χ4n) is 7.82. The Hall–Kier alpha value is -5.07. The molecular formula is C47H50ClN3O7. The minimum absolute atomic E-state index is 0.0269. The van der Waals surface area contributed by atoms with Crippen LogP contribution in [-0.2, 0) is 44.2 Å². The second-order valence-electron chi connectivity index (χ2n) is 15.1. The number of aliphatic hydroxyl groups excluding tert-OH is 1. The lowest BCUT2D eigenvalue weighted by Gasteiger charge is -2.42. The number of amides is 2. The zero-order valence-corrected chi connectivity index (χ0v) is 33.3. The first-order chi connectivity index (χ1) is 28.2. The molecule has 2 aliphatic rings. The van der Waals surface area contributed by atoms with Crippen molar-refractivity contribution in [3.05, 3.63) is 166 Å². The van der Waals surface area contributed by atoms with Crippen molar-refractivity contribution in [2.24, 2.45) is 0 Å². The molecule has 2 amide bonds. The quantitative estimate of drug-likeness (QED) is 0.0896. The fraction of sp³-hybridized carbons (Fsp3) is 0.319. The van der Waals surface area contributed by atoms with Crippen molar-refractivity contribution >= 4 is 23.6 Å². The Morgan fingerprint density at radius 1 is 0.845 bits per heavy atom. The van der Waals surface area contributed by atoms with Crippen LogP contribution in [-0.4, -0.2) is 66.0 Å². The van der Waals surface area contributed by atoms with E-state index in [0.29, 0.717) is 37.3 Å². The predicted molar refractivity (Wildman–Crippen MR) is 223 cm³/mol. The van der Waals surface area contributed by atoms with Crippen LogP contribution in [0, 0.1) is 0 Å². The second-order valence-corrected chi connectivity index (χ2v) is 15.5. The van der Waals surface area contributed by atoms with Gasteiger partial charge in [0.15, 0.2) is 6.29 Å². The van der Waals surface area contributed by atoms with Crippen molar-refractivity contribution in [1.82, 2.24) is 15.5 Å². The van der Waals surface area contributed by atoms with Crippen LogP contribution in [0.4, 0.5) is 4.79 Å². The molecule has 0 spiro atoms. The average molecular weight is 804 g/mol. The van der Waals surface area contributed by atoms with Gasteiger partial charge in [0, 0.05) is 49.6 Å². The maximum absolute atomic E-state index is 13.0. The number of halogens is 1. The number of methoxy groups -OCH3 is 1. The molecule has 0 aliphatic carbocycles. The first-order valence-electron chi connectivity index (χ1n) is 19.8. The van der Waals surface area contributed by atoms with Gasteiger partial charge in [0.1, 0.15) is 6.04 Å². The van der Waals surface area contributed by atoms with Crippen LogP contribution in [0.1, 0.15) is 65.0 Å². The van der Waals surface area contributed by atoms with Crippen LogP contribution < -0.4 is 10.6 Å². The Labute approximate surface area is 344 Å². The third-order valence-electron chi connectivity index (χ3n) is 11.2. The summed E-state index contributed by atoms with van der Waals surface area (Å²) in [6.07, 6.45) is 1.21. The van der Waals surface area contributed by atoms with Gasteiger partial charge >= 0.3 is 12.0 Å². The molecule has 4 atom stereocenters. The van der Waals surface area contributed by atoms with E-state index in [2.05, 4.69) is 15.5 Å². The van der Waals surface area contributed by atoms with Crippen LogP contribution in [0.5, 0.6) is 0 Å². The Morgan fingerprint density at radius 2 is 1.52 bits per heavy atom. The molecule has 4 N–H and O–H groups in total. The van der Waals surface area contributed by atoms with Gasteiger partial charge in [-0.2, -0.15) is 0 Å². The van der Waals surface area contributed by atoms with Crippen LogP contribution in [0.25, 0.3) is 11.1 Å². The lowest BCUT2D eigenvalue weighted by atomic mass is 9.84. The highest BCUT2D eigenvalue weighted by Gasteiger charge is 2.37. The Bertz CT molecular complexity index is 2110. The van der Waals surface area contributed by atoms with E-state index in [1.54, 1.807) is 0 Å². The summed E-state index contributed by atoms with van der Waals surface area (Å²) in [6, 6.07) is 39.5. The third-order valence-corrected chi connectivity index (χ3v) is 11.4. The molecule has 10 nitrogen and oxygen atoms in total. The van der Waals surface area contributed by atoms with Gasteiger partial charge in [-0.05, 0) is 63.9 Å². The standard InChI is InChI=1S/C47H50ClN3O7/c1-56-44(53)42(27-32-7-3-2-4-8-32)50-46(54)49-29-37-9-5-6-10-41(37)34-15-17-36(18-16-34)45-57-40(28-43(58-45)35-13-11-33(31-52)12-14-35)30-51-25-23-47(55,24-26-51)38-19-21-39(48)22-20-38/h2-22,40,42-43,45,52,55H,23-31H2,1H3,(H2,49,50,54). The van der Waals surface area contributed by atoms with E-state index in [0.717, 1.165) is 57.6 Å². The summed E-state index contributed by atoms with van der Waals surface area (Å²) in [5.74, 6) is -0.517. The van der Waals surface area contributed by atoms with Crippen molar-refractivity contribution in [2.75, 3.05) is 26.7 Å². The number of carbonyl (C=O) groups excluding carboxylic acids is 2. The summed E-state index contributed by atoms with van der Waals surface area (Å²) in [5, 5.41) is 27.5. The predicted octanol–water partition coefficient (Wildman–Crippen LogP) is 7.61. The molecule has 0 bridgehead atoms. The highest BCUT2D eigenvalue weighted by atomic mass is 35.5. The van der Waals surface area contributed by atoms with Gasteiger partial charge < -0.3 is 40.0 Å². The summed E-state index contributed by atoms with van der Waals surface area (Å²) in [6.45, 7) is 2.36. The summed E-state index contributed by atoms with van der Waals surface area (Å²) >= 11 is 6.11. The van der Waals surface area contributed by atoms with E-state index in [4.69, 9.17) is 25.8 Å². The molecule has 5 aromatic carbocycles. The molecule has 2 saturated heterocycles. The van der Waals surface area contributed by atoms with Crippen molar-refractivity contribution in [3.63, 3.8) is 0 Å². The number of urea groups is 1. The molecule has 302 valence electrons. The number of rotatable bonds is 13. The number of piperidine rings is 1. The topological polar surface area (TPSA) is 130 Å². The number of hydrogen-bond donors (Lipinski definition) is 4. The maximum Gasteiger partial charge on any atom is 0.328 e. The number of carbonyl (C=O) groups is 2. The van der Waals surface area contributed by atoms with E-state index in [-0.39, 0.29) is 25.4 Å². The number of ether oxygens (including phenoxy) is 3. The number of aliphatic hydroxyl groups is 2. The van der Waals surface area contributed by atoms with E-state index < -0.39 is 29.9 Å². The summed E-state index contributed by atoms with van der Waals surface area (Å²) in [5.41, 5.74) is 6.46. The van der Waals surface area contributed by atoms with Gasteiger partial charge in [0.25, 0.3) is 0 Å². The fourth-order valence-corrected chi connectivity index (χ4v) is 7.95. The van der Waals surface area contributed by atoms with Crippen molar-refractivity contribution in [1.29, 1.82) is 0 Å². The lowest BCUT2D eigenvalue weighted by Crippen LogP contribution is -2.47. The average Bonchev–Trinajstić information content (AvgIpc) is 3.26. The molecule has 2 heterocycles. The molecular weight excluding hydrogens is 754 g/mol. The highest BCUT2D eigenvalue weighted by Crippen LogP contribution is 2.40. The van der Waals surface area contributed by atoms with Crippen LogP contribution >= 0.6 is 11.6 Å². The van der Waals surface area contributed by atoms with Gasteiger partial charge in [0.2, 0.25) is 0 Å². The van der Waals surface area contributed by atoms with Crippen LogP contribution in [0.3, 0.4) is 0 Å². The maximum atomic E-state index is 13.0. The molecule has 5 aromatic rings. The minimum atomic E-state index is -0.893. The molecule has 0 aromatic heterocycles. The van der Waals surface area contributed by atoms with Gasteiger partial charge in [-0.3, -0.25) is 0 Å². The monoisotopic (exact) mass is 803 g/mol. The first kappa shape index (κ1) is 41.1. The third kappa shape index (κ3) is 10.3. The van der Waals surface area contributed by atoms with Crippen molar-refractivity contribution in [2.45, 2.75) is 69.0 Å². The van der Waals surface area contributed by atoms with E-state index in [1.165, 1.54) is 7.11 Å². The summed E-state index contributed by atoms with van der Waals surface area (Å²) in [4.78, 5) is 27.9. The van der Waals surface area contributed by atoms with E-state index in [1.807, 2.05) is 127 Å². The number of hydrogen-bond acceptors (Lipinski definition) is 8. The SMILES string of the molecule is COC(=O)C(Cc1ccccc1)NC(=O)NCc1ccccc1-c1ccc(C2OC(CN3CCC(O)(c4ccc(Cl)cc4)CC3)CC(c3ccc(CO)cc3)O2)cc1. The van der Waals surface area contributed by atoms with Crippen LogP contribution in [0.15, 0.2) is 127 Å². The molecule has 0 saturated carbocycles. The summed E-state index contributed by atoms with van der Waals surface area (Å²) in [7, 11) is 1.31. The molecule has 58 heavy (non-hydrogen) atoms. The number of nitrogens with zero attached hydrogens (tertiary/aromatic N) is 1. The van der Waals surface area contributed by atoms with Crippen molar-refractivity contribution in [3.8, 4) is 11.1 Å². The molecule has 2 aliphatic heterocycles. The first-order valence-corrected chi connectivity index (χ1v) is 20.1. The second kappa shape index (κ2) is 19.1. The van der Waals surface area contributed by atoms with Crippen LogP contribution in [0.2, 0.25) is 5.02 Å². The smallest absolute Gasteiger partial charge is 0.328 e. The normalized spacial score (nSPS) is 19.8. The van der Waals surface area contributed by atoms with Crippen molar-refractivity contribution < 1.29 is 34.0 Å². The zero-order chi connectivity index (χ0) is 40.5. The Kier molecular flexibility index (Phi) is 13.6. The number of esters is 1. The van der Waals surface area contributed by atoms with Gasteiger partial charge in [-0.25, -0.2) is 9.59 Å². The largest absolute Gasteiger partial charge is 0.467 e. The summed E-state index contributed by atoms with van der Waals surface area (Å²) < 4.78 is 18.3. The zero-order valence-electron chi connectivity index (χ0n) is 32.6. The Morgan fingerprint density at radius 3 is 2.21 bits per heavy atom. The van der Waals surface area contributed by atoms with Gasteiger partial charge in [-0.15, -0.1) is 0 Å². The molecule has 2 fully saturated rings. The Balaban J connectivity index is 1.02. The van der Waals surface area contributed by atoms with Gasteiger partial charge in [0.05, 0.1) is 31.5 Å². The number of benzene rings is 5. The van der Waals surface area contributed by atoms with Gasteiger partial charge in [-0.1, -0.05) is 127 Å². The minimum Gasteiger partial charge on any atom is -0.467 e. The van der Waals surface area contributed by atoms with E-state index >= 15 is 0 Å². The molecule has 7 rings (SSSR count). The van der Waals surface area contributed by atoms with E-state index in [9.17, 15) is 19.8 Å². The molecule has 0 radical (unpaired) electrons. The molecule has 4 unspecified atom stereocenters. The lowest BCUT2D eigenvalue weighted by molar-refractivity contribution is -0.253. The number of nitrogens with one attached hydrogen (secondary N) is 2.